The van der Waals surface area contributed by atoms with E-state index in [-0.39, 0.29) is 38.9 Å². The van der Waals surface area contributed by atoms with Gasteiger partial charge in [0.2, 0.25) is 9.39 Å². The lowest BCUT2D eigenvalue weighted by molar-refractivity contribution is -0.133. The van der Waals surface area contributed by atoms with Gasteiger partial charge in [0, 0.05) is 30.2 Å². The maximum absolute atomic E-state index is 13.0. The van der Waals surface area contributed by atoms with Gasteiger partial charge < -0.3 is 9.47 Å². The molecule has 0 radical (unpaired) electrons. The molecule has 1 fully saturated rings. The van der Waals surface area contributed by atoms with Crippen LogP contribution in [0.2, 0.25) is 5.02 Å². The van der Waals surface area contributed by atoms with Gasteiger partial charge in [-0.25, -0.2) is 8.42 Å². The Morgan fingerprint density at radius 3 is 2.27 bits per heavy atom. The second kappa shape index (κ2) is 9.64. The third-order valence-electron chi connectivity index (χ3n) is 5.27. The molecule has 1 heterocycles. The lowest BCUT2D eigenvalue weighted by Gasteiger charge is -2.30. The van der Waals surface area contributed by atoms with E-state index in [2.05, 4.69) is 0 Å². The molecule has 33 heavy (non-hydrogen) atoms. The molecule has 0 saturated heterocycles. The quantitative estimate of drug-likeness (QED) is 0.265. The average Bonchev–Trinajstić information content (AvgIpc) is 2.91. The van der Waals surface area contributed by atoms with E-state index in [1.807, 2.05) is 0 Å². The number of sulfone groups is 1. The fraction of sp³-hybridized carbons (Fsp3) is 0.450. The molecule has 2 aliphatic rings. The molecule has 0 bridgehead atoms. The van der Waals surface area contributed by atoms with Gasteiger partial charge in [-0.2, -0.15) is 0 Å². The molecule has 1 aromatic rings. The molecular weight excluding hydrogens is 562 g/mol. The van der Waals surface area contributed by atoms with Crippen LogP contribution in [0.1, 0.15) is 35.2 Å². The summed E-state index contributed by atoms with van der Waals surface area (Å²) in [6.45, 7) is -0.875. The van der Waals surface area contributed by atoms with Crippen molar-refractivity contribution in [2.45, 2.75) is 40.2 Å². The van der Waals surface area contributed by atoms with E-state index in [4.69, 9.17) is 67.5 Å². The smallest absolute Gasteiger partial charge is 0.242 e. The Labute approximate surface area is 215 Å². The van der Waals surface area contributed by atoms with E-state index in [1.54, 1.807) is 0 Å². The third kappa shape index (κ3) is 5.08. The molecule has 7 nitrogen and oxygen atoms in total. The zero-order chi connectivity index (χ0) is 24.8. The number of ether oxygens (including phenoxy) is 2. The van der Waals surface area contributed by atoms with Crippen molar-refractivity contribution in [2.24, 2.45) is 5.92 Å². The van der Waals surface area contributed by atoms with Gasteiger partial charge in [-0.1, -0.05) is 58.0 Å². The van der Waals surface area contributed by atoms with Crippen LogP contribution in [0.4, 0.5) is 0 Å². The lowest BCUT2D eigenvalue weighted by atomic mass is 9.81. The van der Waals surface area contributed by atoms with E-state index in [0.717, 1.165) is 12.5 Å². The third-order valence-corrected chi connectivity index (χ3v) is 9.14. The van der Waals surface area contributed by atoms with Gasteiger partial charge in [0.25, 0.3) is 0 Å². The molecule has 1 saturated carbocycles. The summed E-state index contributed by atoms with van der Waals surface area (Å²) in [5.74, 6) is -3.25. The zero-order valence-electron chi connectivity index (χ0n) is 17.0. The van der Waals surface area contributed by atoms with Crippen molar-refractivity contribution in [3.8, 4) is 0 Å². The summed E-state index contributed by atoms with van der Waals surface area (Å²) >= 11 is 30.8. The summed E-state index contributed by atoms with van der Waals surface area (Å²) in [5.41, 5.74) is -0.226. The highest BCUT2D eigenvalue weighted by Crippen LogP contribution is 2.52. The number of Topliss-reactive ketones (excluding diaryl/α,β-unsaturated/α-hetero) is 3. The van der Waals surface area contributed by atoms with Gasteiger partial charge in [-0.15, -0.1) is 0 Å². The molecule has 1 aliphatic carbocycles. The maximum Gasteiger partial charge on any atom is 0.242 e. The summed E-state index contributed by atoms with van der Waals surface area (Å²) in [6.07, 6.45) is 2.59. The first-order valence-corrected chi connectivity index (χ1v) is 13.3. The molecular formula is C20H17Cl5O7S. The Morgan fingerprint density at radius 2 is 1.76 bits per heavy atom. The van der Waals surface area contributed by atoms with Crippen LogP contribution in [-0.2, 0) is 35.5 Å². The van der Waals surface area contributed by atoms with Crippen molar-refractivity contribution >= 4 is 85.2 Å². The number of hydrogen-bond acceptors (Lipinski definition) is 7. The number of carbonyl (C=O) groups excluding carboxylic acids is 3. The Kier molecular flexibility index (Phi) is 7.81. The molecule has 3 rings (SSSR count). The summed E-state index contributed by atoms with van der Waals surface area (Å²) < 4.78 is 33.5. The van der Waals surface area contributed by atoms with Crippen molar-refractivity contribution in [1.82, 2.24) is 0 Å². The topological polar surface area (TPSA) is 104 Å². The highest BCUT2D eigenvalue weighted by molar-refractivity contribution is 7.90. The molecule has 0 spiro atoms. The van der Waals surface area contributed by atoms with Crippen LogP contribution >= 0.6 is 58.0 Å². The SMILES string of the molecule is CS(=O)(=O)c1ccc(C(=O)C2C(=O)CCCC2=O)c(Cl)c1COCC1(Cl)OC=C(Cl)C1(Cl)Cl. The Balaban J connectivity index is 1.92. The fourth-order valence-corrected chi connectivity index (χ4v) is 5.56. The second-order valence-corrected chi connectivity index (χ2v) is 12.3. The number of alkyl halides is 3. The molecule has 0 aromatic heterocycles. The van der Waals surface area contributed by atoms with Gasteiger partial charge >= 0.3 is 0 Å². The maximum atomic E-state index is 13.0. The van der Waals surface area contributed by atoms with Crippen molar-refractivity contribution in [1.29, 1.82) is 0 Å². The lowest BCUT2D eigenvalue weighted by Crippen LogP contribution is -2.43. The largest absolute Gasteiger partial charge is 0.472 e. The average molecular weight is 579 g/mol. The van der Waals surface area contributed by atoms with E-state index >= 15 is 0 Å². The minimum Gasteiger partial charge on any atom is -0.472 e. The number of rotatable bonds is 7. The van der Waals surface area contributed by atoms with Gasteiger partial charge in [0.05, 0.1) is 21.6 Å². The van der Waals surface area contributed by atoms with Crippen molar-refractivity contribution < 1.29 is 32.3 Å². The molecule has 1 aliphatic heterocycles. The predicted octanol–water partition coefficient (Wildman–Crippen LogP) is 4.60. The second-order valence-electron chi connectivity index (χ2n) is 7.64. The highest BCUT2D eigenvalue weighted by Gasteiger charge is 2.57. The Hall–Kier alpha value is -0.870. The standard InChI is InChI=1S/C20H17Cl5O7S/c1-33(29,30)14-6-5-10(18(28)16-12(26)3-2-4-13(16)27)17(22)11(14)7-31-9-19(23)20(24,25)15(21)8-32-19/h5-6,8,16H,2-4,7,9H2,1H3. The normalized spacial score (nSPS) is 23.4. The molecule has 13 heteroatoms. The number of ketones is 3. The molecule has 0 N–H and O–H groups in total. The highest BCUT2D eigenvalue weighted by atomic mass is 35.5. The summed E-state index contributed by atoms with van der Waals surface area (Å²) in [6, 6.07) is 2.34. The van der Waals surface area contributed by atoms with E-state index < -0.39 is 55.7 Å². The van der Waals surface area contributed by atoms with Crippen LogP contribution in [0.3, 0.4) is 0 Å². The zero-order valence-corrected chi connectivity index (χ0v) is 21.6. The van der Waals surface area contributed by atoms with Gasteiger partial charge in [0.1, 0.15) is 18.8 Å². The molecule has 180 valence electrons. The van der Waals surface area contributed by atoms with E-state index in [0.29, 0.717) is 6.42 Å². The van der Waals surface area contributed by atoms with Crippen LogP contribution in [-0.4, -0.2) is 48.0 Å². The van der Waals surface area contributed by atoms with Crippen molar-refractivity contribution in [3.63, 3.8) is 0 Å². The molecule has 1 atom stereocenters. The van der Waals surface area contributed by atoms with Gasteiger partial charge in [0.15, 0.2) is 27.2 Å². The minimum absolute atomic E-state index is 0.0622. The first kappa shape index (κ1) is 26.7. The van der Waals surface area contributed by atoms with Crippen LogP contribution in [0.5, 0.6) is 0 Å². The number of hydrogen-bond donors (Lipinski definition) is 0. The number of halogens is 5. The molecule has 1 aromatic carbocycles. The first-order valence-electron chi connectivity index (χ1n) is 9.50. The van der Waals surface area contributed by atoms with E-state index in [1.165, 1.54) is 12.1 Å². The van der Waals surface area contributed by atoms with Gasteiger partial charge in [-0.05, 0) is 18.6 Å². The van der Waals surface area contributed by atoms with E-state index in [9.17, 15) is 22.8 Å². The van der Waals surface area contributed by atoms with Crippen LogP contribution in [0.25, 0.3) is 0 Å². The Bertz CT molecular complexity index is 1150. The number of benzene rings is 1. The van der Waals surface area contributed by atoms with Crippen LogP contribution < -0.4 is 0 Å². The monoisotopic (exact) mass is 576 g/mol. The van der Waals surface area contributed by atoms with Crippen molar-refractivity contribution in [3.05, 3.63) is 39.6 Å². The minimum atomic E-state index is -3.80. The Morgan fingerprint density at radius 1 is 1.15 bits per heavy atom. The molecule has 0 amide bonds. The number of carbonyl (C=O) groups is 3. The van der Waals surface area contributed by atoms with Crippen molar-refractivity contribution in [2.75, 3.05) is 12.9 Å². The first-order chi connectivity index (χ1) is 15.2. The summed E-state index contributed by atoms with van der Waals surface area (Å²) in [4.78, 5) is 37.2. The molecule has 1 unspecified atom stereocenters. The predicted molar refractivity (Wildman–Crippen MR) is 124 cm³/mol. The van der Waals surface area contributed by atoms with Crippen LogP contribution in [0.15, 0.2) is 28.3 Å². The van der Waals surface area contributed by atoms with Crippen LogP contribution in [0, 0.1) is 5.92 Å². The summed E-state index contributed by atoms with van der Waals surface area (Å²) in [5, 5.41) is -2.14. The fourth-order valence-electron chi connectivity index (χ4n) is 3.51. The van der Waals surface area contributed by atoms with Gasteiger partial charge in [-0.3, -0.25) is 14.4 Å². The summed E-state index contributed by atoms with van der Waals surface area (Å²) in [7, 11) is -3.80.